The van der Waals surface area contributed by atoms with Crippen molar-refractivity contribution in [2.24, 2.45) is 0 Å². The lowest BCUT2D eigenvalue weighted by atomic mass is 10.2. The van der Waals surface area contributed by atoms with Gasteiger partial charge in [0.1, 0.15) is 0 Å². The first-order chi connectivity index (χ1) is 7.00. The highest BCUT2D eigenvalue weighted by molar-refractivity contribution is 9.10. The molecule has 80 valence electrons. The molecular weight excluding hydrogens is 281 g/mol. The van der Waals surface area contributed by atoms with E-state index in [1.807, 2.05) is 13.0 Å². The minimum atomic E-state index is -1.00. The van der Waals surface area contributed by atoms with E-state index in [-0.39, 0.29) is 0 Å². The van der Waals surface area contributed by atoms with E-state index in [1.165, 1.54) is 6.20 Å². The van der Waals surface area contributed by atoms with Crippen molar-refractivity contribution in [2.45, 2.75) is 6.92 Å². The predicted octanol–water partition coefficient (Wildman–Crippen LogP) is 3.42. The Morgan fingerprint density at radius 2 is 2.27 bits per heavy atom. The van der Waals surface area contributed by atoms with Crippen LogP contribution in [-0.2, 0) is 4.79 Å². The molecule has 1 rings (SSSR count). The molecule has 0 fully saturated rings. The van der Waals surface area contributed by atoms with E-state index < -0.39 is 5.97 Å². The Balaban J connectivity index is 2.86. The first kappa shape index (κ1) is 12.1. The fourth-order valence-electron chi connectivity index (χ4n) is 0.960. The van der Waals surface area contributed by atoms with Gasteiger partial charge in [-0.05, 0) is 40.5 Å². The maximum Gasteiger partial charge on any atom is 0.329 e. The maximum atomic E-state index is 10.2. The minimum absolute atomic E-state index is 0.629. The van der Waals surface area contributed by atoms with Crippen molar-refractivity contribution in [1.29, 1.82) is 0 Å². The Hall–Kier alpha value is -1.00. The minimum Gasteiger partial charge on any atom is -0.478 e. The zero-order valence-corrected chi connectivity index (χ0v) is 10.3. The van der Waals surface area contributed by atoms with Crippen molar-refractivity contribution in [3.05, 3.63) is 39.5 Å². The first-order valence-electron chi connectivity index (χ1n) is 4.12. The number of rotatable bonds is 3. The fraction of sp³-hybridized carbons (Fsp3) is 0.100. The van der Waals surface area contributed by atoms with Gasteiger partial charge in [0.15, 0.2) is 0 Å². The number of carbonyl (C=O) groups is 1. The third kappa shape index (κ3) is 3.57. The zero-order chi connectivity index (χ0) is 11.4. The lowest BCUT2D eigenvalue weighted by Crippen LogP contribution is -1.93. The van der Waals surface area contributed by atoms with Gasteiger partial charge in [0, 0.05) is 21.8 Å². The molecule has 2 N–H and O–H groups in total. The molecule has 0 aliphatic rings. The molecule has 0 amide bonds. The van der Waals surface area contributed by atoms with Crippen LogP contribution in [0.3, 0.4) is 0 Å². The Labute approximate surface area is 101 Å². The number of hydrogen-bond acceptors (Lipinski definition) is 2. The molecule has 1 aromatic rings. The van der Waals surface area contributed by atoms with Crippen molar-refractivity contribution < 1.29 is 9.90 Å². The molecular formula is C10H9BrClNO2. The molecule has 0 unspecified atom stereocenters. The second-order valence-electron chi connectivity index (χ2n) is 2.90. The van der Waals surface area contributed by atoms with Crippen molar-refractivity contribution in [2.75, 3.05) is 5.32 Å². The van der Waals surface area contributed by atoms with Crippen LogP contribution < -0.4 is 5.32 Å². The van der Waals surface area contributed by atoms with Gasteiger partial charge in [-0.2, -0.15) is 0 Å². The van der Waals surface area contributed by atoms with Gasteiger partial charge in [-0.15, -0.1) is 0 Å². The van der Waals surface area contributed by atoms with Gasteiger partial charge in [-0.1, -0.05) is 11.6 Å². The molecule has 1 aromatic carbocycles. The summed E-state index contributed by atoms with van der Waals surface area (Å²) in [5, 5.41) is 11.8. The molecule has 0 aromatic heterocycles. The molecule has 15 heavy (non-hydrogen) atoms. The van der Waals surface area contributed by atoms with E-state index in [1.54, 1.807) is 6.07 Å². The Bertz CT molecular complexity index is 418. The summed E-state index contributed by atoms with van der Waals surface area (Å²) in [5.74, 6) is -1.00. The lowest BCUT2D eigenvalue weighted by molar-refractivity contribution is -0.131. The Morgan fingerprint density at radius 1 is 1.60 bits per heavy atom. The number of hydrogen-bond donors (Lipinski definition) is 2. The van der Waals surface area contributed by atoms with E-state index in [0.29, 0.717) is 5.02 Å². The molecule has 0 bridgehead atoms. The number of aryl methyl sites for hydroxylation is 1. The molecule has 3 nitrogen and oxygen atoms in total. The van der Waals surface area contributed by atoms with Crippen LogP contribution in [0, 0.1) is 6.92 Å². The van der Waals surface area contributed by atoms with Crippen LogP contribution >= 0.6 is 27.5 Å². The van der Waals surface area contributed by atoms with E-state index in [2.05, 4.69) is 21.2 Å². The molecule has 0 radical (unpaired) electrons. The largest absolute Gasteiger partial charge is 0.478 e. The van der Waals surface area contributed by atoms with Gasteiger partial charge in [0.25, 0.3) is 0 Å². The topological polar surface area (TPSA) is 49.3 Å². The van der Waals surface area contributed by atoms with Crippen LogP contribution in [0.25, 0.3) is 0 Å². The molecule has 0 aliphatic carbocycles. The van der Waals surface area contributed by atoms with E-state index in [4.69, 9.17) is 16.7 Å². The summed E-state index contributed by atoms with van der Waals surface area (Å²) in [6.45, 7) is 1.89. The molecule has 0 spiro atoms. The predicted molar refractivity (Wildman–Crippen MR) is 64.3 cm³/mol. The van der Waals surface area contributed by atoms with E-state index in [9.17, 15) is 4.79 Å². The summed E-state index contributed by atoms with van der Waals surface area (Å²) in [7, 11) is 0. The summed E-state index contributed by atoms with van der Waals surface area (Å²) >= 11 is 9.27. The van der Waals surface area contributed by atoms with Crippen molar-refractivity contribution in [1.82, 2.24) is 0 Å². The van der Waals surface area contributed by atoms with Gasteiger partial charge in [0.2, 0.25) is 0 Å². The van der Waals surface area contributed by atoms with E-state index in [0.717, 1.165) is 21.8 Å². The van der Waals surface area contributed by atoms with Crippen molar-refractivity contribution in [3.63, 3.8) is 0 Å². The molecule has 0 saturated carbocycles. The monoisotopic (exact) mass is 289 g/mol. The van der Waals surface area contributed by atoms with Crippen molar-refractivity contribution in [3.8, 4) is 0 Å². The van der Waals surface area contributed by atoms with Crippen LogP contribution in [0.4, 0.5) is 5.69 Å². The highest BCUT2D eigenvalue weighted by atomic mass is 79.9. The number of anilines is 1. The molecule has 0 aliphatic heterocycles. The van der Waals surface area contributed by atoms with Gasteiger partial charge < -0.3 is 10.4 Å². The standard InChI is InChI=1S/C10H9BrClNO2/c1-6-4-7(11)9(5-8(6)12)13-3-2-10(14)15/h2-5,13H,1H3,(H,14,15)/b3-2+. The summed E-state index contributed by atoms with van der Waals surface area (Å²) in [6, 6.07) is 3.59. The zero-order valence-electron chi connectivity index (χ0n) is 7.92. The molecule has 0 atom stereocenters. The van der Waals surface area contributed by atoms with Crippen LogP contribution in [0.1, 0.15) is 5.56 Å². The highest BCUT2D eigenvalue weighted by Gasteiger charge is 2.02. The van der Waals surface area contributed by atoms with Gasteiger partial charge >= 0.3 is 5.97 Å². The van der Waals surface area contributed by atoms with Crippen LogP contribution in [-0.4, -0.2) is 11.1 Å². The SMILES string of the molecule is Cc1cc(Br)c(N/C=C/C(=O)O)cc1Cl. The molecule has 5 heteroatoms. The average molecular weight is 291 g/mol. The first-order valence-corrected chi connectivity index (χ1v) is 5.29. The fourth-order valence-corrected chi connectivity index (χ4v) is 1.70. The number of aliphatic carboxylic acids is 1. The van der Waals surface area contributed by atoms with Crippen LogP contribution in [0.2, 0.25) is 5.02 Å². The Morgan fingerprint density at radius 3 is 2.87 bits per heavy atom. The normalized spacial score (nSPS) is 10.6. The third-order valence-corrected chi connectivity index (χ3v) is 2.78. The van der Waals surface area contributed by atoms with Crippen LogP contribution in [0.5, 0.6) is 0 Å². The number of halogens is 2. The quantitative estimate of drug-likeness (QED) is 0.839. The number of benzene rings is 1. The smallest absolute Gasteiger partial charge is 0.329 e. The van der Waals surface area contributed by atoms with Crippen LogP contribution in [0.15, 0.2) is 28.9 Å². The highest BCUT2D eigenvalue weighted by Crippen LogP contribution is 2.28. The van der Waals surface area contributed by atoms with Gasteiger partial charge in [-0.25, -0.2) is 4.79 Å². The number of nitrogens with one attached hydrogen (secondary N) is 1. The molecule has 0 saturated heterocycles. The van der Waals surface area contributed by atoms with Gasteiger partial charge in [-0.3, -0.25) is 0 Å². The van der Waals surface area contributed by atoms with E-state index >= 15 is 0 Å². The summed E-state index contributed by atoms with van der Waals surface area (Å²) in [4.78, 5) is 10.2. The summed E-state index contributed by atoms with van der Waals surface area (Å²) in [5.41, 5.74) is 1.68. The number of carboxylic acids is 1. The van der Waals surface area contributed by atoms with Crippen molar-refractivity contribution >= 4 is 39.2 Å². The second kappa shape index (κ2) is 5.19. The number of carboxylic acid groups (broad SMARTS) is 1. The molecule has 0 heterocycles. The third-order valence-electron chi connectivity index (χ3n) is 1.71. The lowest BCUT2D eigenvalue weighted by Gasteiger charge is -2.06. The second-order valence-corrected chi connectivity index (χ2v) is 4.16. The average Bonchev–Trinajstić information content (AvgIpc) is 2.13. The Kier molecular flexibility index (Phi) is 4.17. The van der Waals surface area contributed by atoms with Gasteiger partial charge in [0.05, 0.1) is 5.69 Å². The summed E-state index contributed by atoms with van der Waals surface area (Å²) in [6.07, 6.45) is 2.36. The maximum absolute atomic E-state index is 10.2. The summed E-state index contributed by atoms with van der Waals surface area (Å²) < 4.78 is 0.833.